The topological polar surface area (TPSA) is 0 Å². The van der Waals surface area contributed by atoms with E-state index in [2.05, 4.69) is 52.3 Å². The van der Waals surface area contributed by atoms with E-state index in [-0.39, 0.29) is 0 Å². The summed E-state index contributed by atoms with van der Waals surface area (Å²) >= 11 is 11.5. The first kappa shape index (κ1) is 10.9. The highest BCUT2D eigenvalue weighted by molar-refractivity contribution is 9.08. The van der Waals surface area contributed by atoms with Crippen molar-refractivity contribution in [2.75, 3.05) is 6.26 Å². The van der Waals surface area contributed by atoms with Gasteiger partial charge in [0.2, 0.25) is 0 Å². The molecule has 1 aromatic heterocycles. The number of rotatable bonds is 2. The van der Waals surface area contributed by atoms with E-state index in [4.69, 9.17) is 0 Å². The molecule has 0 amide bonds. The van der Waals surface area contributed by atoms with E-state index in [0.717, 1.165) is 10.2 Å². The van der Waals surface area contributed by atoms with Crippen molar-refractivity contribution >= 4 is 61.7 Å². The van der Waals surface area contributed by atoms with Crippen LogP contribution in [0.2, 0.25) is 0 Å². The quantitative estimate of drug-likeness (QED) is 0.472. The van der Waals surface area contributed by atoms with Gasteiger partial charge in [-0.3, -0.25) is 0 Å². The van der Waals surface area contributed by atoms with Crippen LogP contribution in [0, 0.1) is 0 Å². The zero-order chi connectivity index (χ0) is 10.1. The first-order valence-electron chi connectivity index (χ1n) is 4.09. The lowest BCUT2D eigenvalue weighted by molar-refractivity contribution is 1.40. The maximum absolute atomic E-state index is 4.51. The second kappa shape index (κ2) is 4.47. The molecule has 0 radical (unpaired) electrons. The number of thioether (sulfide) groups is 1. The average molecular weight is 305 g/mol. The summed E-state index contributed by atoms with van der Waals surface area (Å²) < 4.78 is 1.29. The van der Waals surface area contributed by atoms with E-state index in [1.807, 2.05) is 0 Å². The fraction of sp³-hybridized carbons (Fsp3) is 0.200. The number of hydrogen-bond acceptors (Lipinski definition) is 3. The molecule has 0 atom stereocenters. The summed E-state index contributed by atoms with van der Waals surface area (Å²) in [5, 5.41) is 4.43. The molecule has 0 nitrogen and oxygen atoms in total. The minimum Gasteiger partial charge on any atom is -0.142 e. The Kier molecular flexibility index (Phi) is 3.47. The maximum atomic E-state index is 4.51. The van der Waals surface area contributed by atoms with Crippen LogP contribution in [0.3, 0.4) is 0 Å². The van der Waals surface area contributed by atoms with Crippen LogP contribution < -0.4 is 0 Å². The van der Waals surface area contributed by atoms with E-state index in [1.165, 1.54) is 20.5 Å². The molecule has 0 fully saturated rings. The van der Waals surface area contributed by atoms with Crippen LogP contribution in [0.15, 0.2) is 27.3 Å². The molecule has 1 aromatic carbocycles. The summed E-state index contributed by atoms with van der Waals surface area (Å²) in [6.07, 6.45) is 2.11. The Balaban J connectivity index is 2.73. The molecule has 4 heteroatoms. The van der Waals surface area contributed by atoms with Crippen molar-refractivity contribution in [3.05, 3.63) is 23.1 Å². The Morgan fingerprint density at radius 3 is 2.93 bits per heavy atom. The van der Waals surface area contributed by atoms with E-state index < -0.39 is 0 Å². The summed E-state index contributed by atoms with van der Waals surface area (Å²) in [5.74, 6) is 0. The molecule has 74 valence electrons. The largest absolute Gasteiger partial charge is 0.142 e. The third-order valence-electron chi connectivity index (χ3n) is 2.05. The molecule has 0 bridgehead atoms. The summed E-state index contributed by atoms with van der Waals surface area (Å²) in [7, 11) is 0. The van der Waals surface area contributed by atoms with Crippen molar-refractivity contribution in [1.29, 1.82) is 0 Å². The Morgan fingerprint density at radius 2 is 2.29 bits per heavy atom. The normalized spacial score (nSPS) is 11.1. The third-order valence-corrected chi connectivity index (χ3v) is 5.16. The zero-order valence-electron chi connectivity index (χ0n) is 7.58. The second-order valence-corrected chi connectivity index (χ2v) is 5.70. The van der Waals surface area contributed by atoms with Gasteiger partial charge in [0, 0.05) is 30.6 Å². The smallest absolute Gasteiger partial charge is 0.0487 e. The number of fused-ring (bicyclic) bond motifs is 1. The van der Waals surface area contributed by atoms with Gasteiger partial charge in [0.05, 0.1) is 0 Å². The minimum atomic E-state index is 0.889. The van der Waals surface area contributed by atoms with Crippen LogP contribution >= 0.6 is 51.7 Å². The van der Waals surface area contributed by atoms with Crippen molar-refractivity contribution in [1.82, 2.24) is 0 Å². The Labute approximate surface area is 106 Å². The Hall–Kier alpha value is 0.360. The summed E-state index contributed by atoms with van der Waals surface area (Å²) in [5.41, 5.74) is 1.29. The van der Waals surface area contributed by atoms with Gasteiger partial charge in [0.25, 0.3) is 0 Å². The predicted octanol–water partition coefficient (Wildman–Crippen LogP) is 4.81. The first-order chi connectivity index (χ1) is 6.76. The zero-order valence-corrected chi connectivity index (χ0v) is 11.7. The summed E-state index contributed by atoms with van der Waals surface area (Å²) in [6, 6.07) is 4.37. The van der Waals surface area contributed by atoms with E-state index in [9.17, 15) is 0 Å². The van der Waals surface area contributed by atoms with Crippen molar-refractivity contribution in [3.8, 4) is 0 Å². The van der Waals surface area contributed by atoms with Crippen LogP contribution in [0.5, 0.6) is 0 Å². The molecule has 2 rings (SSSR count). The molecule has 0 spiro atoms. The Bertz CT molecular complexity index is 462. The highest BCUT2D eigenvalue weighted by Crippen LogP contribution is 2.36. The lowest BCUT2D eigenvalue weighted by Crippen LogP contribution is -1.78. The van der Waals surface area contributed by atoms with Gasteiger partial charge in [-0.1, -0.05) is 15.9 Å². The standard InChI is InChI=1S/C10H9BrS3/c1-13-9-5-14-10-7(9)2-6(4-11)3-8(10)12/h2-3,5,12H,4H2,1H3. The third kappa shape index (κ3) is 1.85. The fourth-order valence-corrected chi connectivity index (χ4v) is 3.96. The molecular formula is C10H9BrS3. The molecule has 0 aliphatic heterocycles. The number of benzene rings is 1. The van der Waals surface area contributed by atoms with Gasteiger partial charge in [-0.25, -0.2) is 0 Å². The van der Waals surface area contributed by atoms with E-state index in [1.54, 1.807) is 23.1 Å². The second-order valence-electron chi connectivity index (χ2n) is 2.93. The molecular weight excluding hydrogens is 296 g/mol. The lowest BCUT2D eigenvalue weighted by Gasteiger charge is -2.01. The van der Waals surface area contributed by atoms with Crippen LogP contribution in [-0.2, 0) is 5.33 Å². The van der Waals surface area contributed by atoms with Gasteiger partial charge in [0.1, 0.15) is 0 Å². The van der Waals surface area contributed by atoms with Gasteiger partial charge in [-0.2, -0.15) is 0 Å². The number of halogens is 1. The molecule has 0 aliphatic carbocycles. The van der Waals surface area contributed by atoms with E-state index >= 15 is 0 Å². The number of thiol groups is 1. The first-order valence-corrected chi connectivity index (χ1v) is 7.76. The number of alkyl halides is 1. The van der Waals surface area contributed by atoms with Gasteiger partial charge in [-0.05, 0) is 24.0 Å². The number of hydrogen-bond donors (Lipinski definition) is 1. The van der Waals surface area contributed by atoms with Gasteiger partial charge < -0.3 is 0 Å². The van der Waals surface area contributed by atoms with Crippen molar-refractivity contribution in [3.63, 3.8) is 0 Å². The van der Waals surface area contributed by atoms with Crippen LogP contribution in [0.4, 0.5) is 0 Å². The van der Waals surface area contributed by atoms with Gasteiger partial charge >= 0.3 is 0 Å². The molecule has 1 heterocycles. The lowest BCUT2D eigenvalue weighted by atomic mass is 10.2. The molecule has 0 N–H and O–H groups in total. The van der Waals surface area contributed by atoms with Crippen molar-refractivity contribution < 1.29 is 0 Å². The Morgan fingerprint density at radius 1 is 1.50 bits per heavy atom. The SMILES string of the molecule is CSc1csc2c(S)cc(CBr)cc12. The monoisotopic (exact) mass is 304 g/mol. The minimum absolute atomic E-state index is 0.889. The van der Waals surface area contributed by atoms with Gasteiger partial charge in [-0.15, -0.1) is 35.7 Å². The summed E-state index contributed by atoms with van der Waals surface area (Å²) in [4.78, 5) is 2.44. The summed E-state index contributed by atoms with van der Waals surface area (Å²) in [6.45, 7) is 0. The molecule has 0 aliphatic rings. The molecule has 14 heavy (non-hydrogen) atoms. The highest BCUT2D eigenvalue weighted by Gasteiger charge is 2.07. The van der Waals surface area contributed by atoms with Crippen molar-refractivity contribution in [2.24, 2.45) is 0 Å². The maximum Gasteiger partial charge on any atom is 0.0487 e. The predicted molar refractivity (Wildman–Crippen MR) is 73.5 cm³/mol. The van der Waals surface area contributed by atoms with Gasteiger partial charge in [0.15, 0.2) is 0 Å². The molecule has 2 aromatic rings. The highest BCUT2D eigenvalue weighted by atomic mass is 79.9. The number of thiophene rings is 1. The average Bonchev–Trinajstić information content (AvgIpc) is 2.61. The molecule has 0 saturated carbocycles. The van der Waals surface area contributed by atoms with Crippen LogP contribution in [0.25, 0.3) is 10.1 Å². The van der Waals surface area contributed by atoms with Crippen LogP contribution in [0.1, 0.15) is 5.56 Å². The van der Waals surface area contributed by atoms with E-state index in [0.29, 0.717) is 0 Å². The van der Waals surface area contributed by atoms with Crippen LogP contribution in [-0.4, -0.2) is 6.26 Å². The molecule has 0 unspecified atom stereocenters. The van der Waals surface area contributed by atoms with Crippen molar-refractivity contribution in [2.45, 2.75) is 15.1 Å². The molecule has 0 saturated heterocycles. The fourth-order valence-electron chi connectivity index (χ4n) is 1.39.